The summed E-state index contributed by atoms with van der Waals surface area (Å²) in [7, 11) is 2.84. The standard InChI is InChI=1S/C35H38F3N9O6/c1-5-20-27(44-10-11-45(22-7-6-21(22)44)32(51)25-28(49)18(2)13-40-31(25)53-4)29(50)26-30(43-47(42-26)19-8-9-39-24(12-19)52-3)46(20)14-23(48)41-34-15-33(16-34,17-34)35(36,37)38/h8-9,12-13,21-22H,5-7,10-11,14-17H2,1-4H3,(H,40,49)(H,41,48)/t21-,22-,33?,34?/m0/s1. The lowest BCUT2D eigenvalue weighted by Gasteiger charge is -2.70. The smallest absolute Gasteiger partial charge is 0.394 e. The van der Waals surface area contributed by atoms with Gasteiger partial charge in [-0.2, -0.15) is 13.2 Å². The van der Waals surface area contributed by atoms with E-state index in [1.54, 1.807) is 28.5 Å². The van der Waals surface area contributed by atoms with Crippen LogP contribution in [0.2, 0.25) is 0 Å². The zero-order valence-corrected chi connectivity index (χ0v) is 29.5. The number of ether oxygens (including phenoxy) is 2. The molecule has 0 radical (unpaired) electrons. The topological polar surface area (TPSA) is 170 Å². The van der Waals surface area contributed by atoms with E-state index in [0.29, 0.717) is 41.9 Å². The predicted molar refractivity (Wildman–Crippen MR) is 184 cm³/mol. The van der Waals surface area contributed by atoms with Crippen LogP contribution in [0.15, 0.2) is 34.1 Å². The van der Waals surface area contributed by atoms with Crippen LogP contribution in [0.5, 0.6) is 11.8 Å². The minimum Gasteiger partial charge on any atom is -0.482 e. The highest BCUT2D eigenvalue weighted by Gasteiger charge is 2.79. The summed E-state index contributed by atoms with van der Waals surface area (Å²) in [6, 6.07) is 2.62. The zero-order chi connectivity index (χ0) is 37.6. The van der Waals surface area contributed by atoms with E-state index >= 15 is 0 Å². The normalized spacial score (nSPS) is 24.5. The van der Waals surface area contributed by atoms with E-state index in [9.17, 15) is 32.3 Å². The summed E-state index contributed by atoms with van der Waals surface area (Å²) in [4.78, 5) is 67.1. The number of aromatic nitrogens is 6. The molecule has 2 N–H and O–H groups in total. The fourth-order valence-electron chi connectivity index (χ4n) is 8.78. The van der Waals surface area contributed by atoms with Crippen LogP contribution in [0.3, 0.4) is 0 Å². The second-order valence-corrected chi connectivity index (χ2v) is 14.5. The lowest BCUT2D eigenvalue weighted by Crippen LogP contribution is -2.78. The number of methoxy groups -OCH3 is 2. The zero-order valence-electron chi connectivity index (χ0n) is 29.5. The van der Waals surface area contributed by atoms with Crippen molar-refractivity contribution >= 4 is 28.7 Å². The van der Waals surface area contributed by atoms with Crippen molar-refractivity contribution in [1.29, 1.82) is 0 Å². The Morgan fingerprint density at radius 1 is 1.06 bits per heavy atom. The van der Waals surface area contributed by atoms with Gasteiger partial charge in [-0.15, -0.1) is 15.0 Å². The van der Waals surface area contributed by atoms with Crippen molar-refractivity contribution in [2.24, 2.45) is 5.41 Å². The fourth-order valence-corrected chi connectivity index (χ4v) is 8.78. The molecule has 4 aromatic heterocycles. The summed E-state index contributed by atoms with van der Waals surface area (Å²) in [5.41, 5.74) is -1.78. The van der Waals surface area contributed by atoms with Crippen LogP contribution in [0.4, 0.5) is 18.9 Å². The first-order valence-electron chi connectivity index (χ1n) is 17.5. The third-order valence-electron chi connectivity index (χ3n) is 11.5. The van der Waals surface area contributed by atoms with E-state index < -0.39 is 39.8 Å². The van der Waals surface area contributed by atoms with Crippen LogP contribution in [0, 0.1) is 12.3 Å². The van der Waals surface area contributed by atoms with Crippen molar-refractivity contribution in [3.8, 4) is 17.4 Å². The van der Waals surface area contributed by atoms with Crippen molar-refractivity contribution < 1.29 is 32.2 Å². The molecule has 5 aliphatic rings. The Bertz CT molecular complexity index is 2280. The van der Waals surface area contributed by atoms with Gasteiger partial charge in [-0.05, 0) is 51.5 Å². The van der Waals surface area contributed by atoms with Gasteiger partial charge in [-0.25, -0.2) is 4.98 Å². The van der Waals surface area contributed by atoms with Crippen molar-refractivity contribution in [3.63, 3.8) is 0 Å². The van der Waals surface area contributed by atoms with Crippen molar-refractivity contribution in [2.75, 3.05) is 32.2 Å². The number of aromatic amines is 1. The lowest BCUT2D eigenvalue weighted by molar-refractivity contribution is -0.337. The number of amides is 2. The average molecular weight is 738 g/mol. The summed E-state index contributed by atoms with van der Waals surface area (Å²) in [6.45, 7) is 3.59. The molecular weight excluding hydrogens is 699 g/mol. The molecule has 0 unspecified atom stereocenters. The van der Waals surface area contributed by atoms with Crippen LogP contribution in [0.25, 0.3) is 16.9 Å². The molecule has 15 nitrogen and oxygen atoms in total. The molecule has 280 valence electrons. The third kappa shape index (κ3) is 5.19. The number of H-pyrrole nitrogens is 1. The number of hydrogen-bond acceptors (Lipinski definition) is 10. The lowest BCUT2D eigenvalue weighted by atomic mass is 9.39. The maximum Gasteiger partial charge on any atom is 0.394 e. The number of halogens is 3. The van der Waals surface area contributed by atoms with Crippen LogP contribution in [-0.4, -0.2) is 97.4 Å². The van der Waals surface area contributed by atoms with Crippen LogP contribution in [0.1, 0.15) is 60.6 Å². The van der Waals surface area contributed by atoms with Crippen LogP contribution in [-0.2, 0) is 17.8 Å². The van der Waals surface area contributed by atoms with Crippen LogP contribution < -0.4 is 30.5 Å². The molecule has 18 heteroatoms. The fraction of sp³-hybridized carbons (Fsp3) is 0.514. The number of nitrogens with one attached hydrogen (secondary N) is 2. The summed E-state index contributed by atoms with van der Waals surface area (Å²) in [6.07, 6.45) is -0.208. The first kappa shape index (κ1) is 34.7. The van der Waals surface area contributed by atoms with Gasteiger partial charge >= 0.3 is 6.18 Å². The Hall–Kier alpha value is -5.42. The molecule has 0 spiro atoms. The van der Waals surface area contributed by atoms with Gasteiger partial charge in [0.2, 0.25) is 28.5 Å². The molecule has 2 atom stereocenters. The van der Waals surface area contributed by atoms with Crippen molar-refractivity contribution in [1.82, 2.24) is 39.7 Å². The monoisotopic (exact) mass is 737 g/mol. The number of anilines is 1. The van der Waals surface area contributed by atoms with Crippen LogP contribution >= 0.6 is 0 Å². The first-order chi connectivity index (χ1) is 25.2. The molecule has 1 aliphatic heterocycles. The van der Waals surface area contributed by atoms with Gasteiger partial charge in [0.15, 0.2) is 11.2 Å². The van der Waals surface area contributed by atoms with E-state index in [-0.39, 0.29) is 79.5 Å². The van der Waals surface area contributed by atoms with Gasteiger partial charge in [0.1, 0.15) is 17.8 Å². The molecule has 2 bridgehead atoms. The van der Waals surface area contributed by atoms with Gasteiger partial charge in [-0.1, -0.05) is 6.92 Å². The highest BCUT2D eigenvalue weighted by molar-refractivity contribution is 5.97. The number of rotatable bonds is 9. The molecule has 0 aromatic carbocycles. The Morgan fingerprint density at radius 2 is 1.79 bits per heavy atom. The number of hydrogen-bond donors (Lipinski definition) is 2. The summed E-state index contributed by atoms with van der Waals surface area (Å²) in [5.74, 6) is -0.595. The maximum absolute atomic E-state index is 14.6. The first-order valence-corrected chi connectivity index (χ1v) is 17.5. The highest BCUT2D eigenvalue weighted by atomic mass is 19.4. The minimum atomic E-state index is -4.32. The Balaban J connectivity index is 1.17. The number of carbonyl (C=O) groups excluding carboxylic acids is 2. The van der Waals surface area contributed by atoms with E-state index in [1.807, 2.05) is 11.8 Å². The van der Waals surface area contributed by atoms with E-state index in [0.717, 1.165) is 0 Å². The van der Waals surface area contributed by atoms with E-state index in [1.165, 1.54) is 31.4 Å². The predicted octanol–water partition coefficient (Wildman–Crippen LogP) is 2.65. The SMILES string of the molecule is CCc1c(N2CCN(C(=O)c3c(OC)[nH]cc(C)c3=O)[C@H]3CC[C@@H]32)c(=O)c2nn(-c3ccnc(OC)c3)nc2n1CC(=O)NC12CC(C(F)(F)F)(C1)C2. The number of carbonyl (C=O) groups is 2. The average Bonchev–Trinajstić information content (AvgIpc) is 3.53. The van der Waals surface area contributed by atoms with Gasteiger partial charge in [-0.3, -0.25) is 19.2 Å². The summed E-state index contributed by atoms with van der Waals surface area (Å²) < 4.78 is 52.9. The number of piperazine rings is 1. The van der Waals surface area contributed by atoms with Crippen molar-refractivity contribution in [2.45, 2.75) is 82.7 Å². The molecule has 4 aliphatic carbocycles. The third-order valence-corrected chi connectivity index (χ3v) is 11.5. The van der Waals surface area contributed by atoms with Gasteiger partial charge in [0.25, 0.3) is 5.91 Å². The highest BCUT2D eigenvalue weighted by Crippen LogP contribution is 2.73. The molecule has 1 saturated heterocycles. The number of fused-ring (bicyclic) bond motifs is 2. The molecule has 2 amide bonds. The second kappa shape index (κ2) is 12.1. The molecule has 5 fully saturated rings. The van der Waals surface area contributed by atoms with E-state index in [4.69, 9.17) is 9.47 Å². The van der Waals surface area contributed by atoms with Gasteiger partial charge in [0, 0.05) is 54.4 Å². The van der Waals surface area contributed by atoms with E-state index in [2.05, 4.69) is 25.5 Å². The summed E-state index contributed by atoms with van der Waals surface area (Å²) >= 11 is 0. The molecule has 4 saturated carbocycles. The molecular formula is C35H38F3N9O6. The molecule has 4 aromatic rings. The largest absolute Gasteiger partial charge is 0.482 e. The number of nitrogens with zero attached hydrogens (tertiary/aromatic N) is 7. The van der Waals surface area contributed by atoms with Gasteiger partial charge < -0.3 is 34.1 Å². The number of pyridine rings is 3. The van der Waals surface area contributed by atoms with Crippen molar-refractivity contribution in [3.05, 3.63) is 61.8 Å². The Morgan fingerprint density at radius 3 is 2.43 bits per heavy atom. The molecule has 53 heavy (non-hydrogen) atoms. The summed E-state index contributed by atoms with van der Waals surface area (Å²) in [5, 5.41) is 12.1. The maximum atomic E-state index is 14.6. The Kier molecular flexibility index (Phi) is 7.89. The minimum absolute atomic E-state index is 0.00673. The molecule has 9 rings (SSSR count). The number of alkyl halides is 3. The quantitative estimate of drug-likeness (QED) is 0.261. The van der Waals surface area contributed by atoms with Gasteiger partial charge in [0.05, 0.1) is 31.4 Å². The molecule has 5 heterocycles. The second-order valence-electron chi connectivity index (χ2n) is 14.5. The number of aryl methyl sites for hydroxylation is 1. The Labute approximate surface area is 300 Å².